The third kappa shape index (κ3) is 3.68. The monoisotopic (exact) mass is 315 g/mol. The predicted molar refractivity (Wildman–Crippen MR) is 87.8 cm³/mol. The van der Waals surface area contributed by atoms with Gasteiger partial charge in [-0.1, -0.05) is 12.1 Å². The van der Waals surface area contributed by atoms with Crippen molar-refractivity contribution < 1.29 is 9.18 Å². The summed E-state index contributed by atoms with van der Waals surface area (Å²) in [5.74, 6) is 0.375. The van der Waals surface area contributed by atoms with E-state index in [-0.39, 0.29) is 11.7 Å². The van der Waals surface area contributed by atoms with Crippen molar-refractivity contribution in [2.75, 3.05) is 29.0 Å². The standard InChI is InChI=1S/C16H18FN5O/c17-13-3-1-2-4-14(13)21-16(23)20-12-7-8-22(10-12)15-6-5-11(18)9-19-15/h1-6,9,12H,7-8,10,18H2,(H2,20,21,23). The van der Waals surface area contributed by atoms with Gasteiger partial charge < -0.3 is 21.3 Å². The number of urea groups is 1. The number of carbonyl (C=O) groups excluding carboxylic acids is 1. The summed E-state index contributed by atoms with van der Waals surface area (Å²) >= 11 is 0. The minimum Gasteiger partial charge on any atom is -0.397 e. The zero-order chi connectivity index (χ0) is 16.2. The average molecular weight is 315 g/mol. The van der Waals surface area contributed by atoms with Crippen LogP contribution in [0.15, 0.2) is 42.6 Å². The Hall–Kier alpha value is -2.83. The number of hydrogen-bond donors (Lipinski definition) is 3. The van der Waals surface area contributed by atoms with Crippen LogP contribution in [0.3, 0.4) is 0 Å². The molecule has 0 saturated carbocycles. The lowest BCUT2D eigenvalue weighted by atomic mass is 10.2. The molecule has 1 saturated heterocycles. The number of halogens is 1. The first-order valence-electron chi connectivity index (χ1n) is 7.40. The summed E-state index contributed by atoms with van der Waals surface area (Å²) < 4.78 is 13.5. The lowest BCUT2D eigenvalue weighted by molar-refractivity contribution is 0.249. The van der Waals surface area contributed by atoms with E-state index in [2.05, 4.69) is 20.5 Å². The minimum atomic E-state index is -0.457. The molecule has 0 spiro atoms. The summed E-state index contributed by atoms with van der Waals surface area (Å²) in [6.45, 7) is 1.45. The molecule has 6 nitrogen and oxygen atoms in total. The largest absolute Gasteiger partial charge is 0.397 e. The number of pyridine rings is 1. The molecule has 2 aromatic rings. The van der Waals surface area contributed by atoms with Crippen LogP contribution in [0.2, 0.25) is 0 Å². The molecule has 1 aromatic carbocycles. The molecule has 23 heavy (non-hydrogen) atoms. The van der Waals surface area contributed by atoms with Gasteiger partial charge in [-0.2, -0.15) is 0 Å². The Morgan fingerprint density at radius 3 is 2.87 bits per heavy atom. The van der Waals surface area contributed by atoms with E-state index in [1.807, 2.05) is 6.07 Å². The van der Waals surface area contributed by atoms with Crippen LogP contribution >= 0.6 is 0 Å². The highest BCUT2D eigenvalue weighted by Crippen LogP contribution is 2.19. The number of anilines is 3. The molecule has 1 aromatic heterocycles. The van der Waals surface area contributed by atoms with Gasteiger partial charge in [0.15, 0.2) is 0 Å². The molecular formula is C16H18FN5O. The van der Waals surface area contributed by atoms with Crippen molar-refractivity contribution in [1.29, 1.82) is 0 Å². The number of nitrogens with two attached hydrogens (primary N) is 1. The molecule has 2 heterocycles. The van der Waals surface area contributed by atoms with Gasteiger partial charge in [0.2, 0.25) is 0 Å². The molecule has 120 valence electrons. The summed E-state index contributed by atoms with van der Waals surface area (Å²) in [6, 6.07) is 9.31. The number of amides is 2. The number of aromatic nitrogens is 1. The van der Waals surface area contributed by atoms with Crippen LogP contribution in [0, 0.1) is 5.82 Å². The van der Waals surface area contributed by atoms with Crippen molar-refractivity contribution in [1.82, 2.24) is 10.3 Å². The predicted octanol–water partition coefficient (Wildman–Crippen LogP) is 2.20. The van der Waals surface area contributed by atoms with E-state index in [1.54, 1.807) is 24.4 Å². The second kappa shape index (κ2) is 6.51. The van der Waals surface area contributed by atoms with Crippen LogP contribution in [-0.2, 0) is 0 Å². The maximum atomic E-state index is 13.5. The molecule has 7 heteroatoms. The molecular weight excluding hydrogens is 297 g/mol. The topological polar surface area (TPSA) is 83.3 Å². The molecule has 4 N–H and O–H groups in total. The van der Waals surface area contributed by atoms with E-state index in [0.29, 0.717) is 12.2 Å². The summed E-state index contributed by atoms with van der Waals surface area (Å²) in [7, 11) is 0. The lowest BCUT2D eigenvalue weighted by Gasteiger charge is -2.18. The molecule has 2 amide bonds. The normalized spacial score (nSPS) is 17.1. The first-order chi connectivity index (χ1) is 11.1. The molecule has 1 aliphatic heterocycles. The van der Waals surface area contributed by atoms with Crippen LogP contribution in [0.4, 0.5) is 26.4 Å². The zero-order valence-electron chi connectivity index (χ0n) is 12.5. The lowest BCUT2D eigenvalue weighted by Crippen LogP contribution is -2.40. The zero-order valence-corrected chi connectivity index (χ0v) is 12.5. The molecule has 0 bridgehead atoms. The van der Waals surface area contributed by atoms with Crippen LogP contribution < -0.4 is 21.3 Å². The molecule has 1 unspecified atom stereocenters. The Morgan fingerprint density at radius 2 is 2.13 bits per heavy atom. The van der Waals surface area contributed by atoms with Gasteiger partial charge in [-0.25, -0.2) is 14.2 Å². The highest BCUT2D eigenvalue weighted by Gasteiger charge is 2.24. The van der Waals surface area contributed by atoms with Gasteiger partial charge in [-0.3, -0.25) is 0 Å². The Morgan fingerprint density at radius 1 is 1.30 bits per heavy atom. The van der Waals surface area contributed by atoms with Crippen molar-refractivity contribution in [2.45, 2.75) is 12.5 Å². The number of hydrogen-bond acceptors (Lipinski definition) is 4. The number of benzene rings is 1. The van der Waals surface area contributed by atoms with Crippen molar-refractivity contribution in [3.8, 4) is 0 Å². The van der Waals surface area contributed by atoms with Gasteiger partial charge in [0.1, 0.15) is 11.6 Å². The number of nitrogens with one attached hydrogen (secondary N) is 2. The molecule has 0 aliphatic carbocycles. The maximum Gasteiger partial charge on any atom is 0.319 e. The van der Waals surface area contributed by atoms with Gasteiger partial charge in [0.25, 0.3) is 0 Å². The summed E-state index contributed by atoms with van der Waals surface area (Å²) in [6.07, 6.45) is 2.41. The molecule has 3 rings (SSSR count). The van der Waals surface area contributed by atoms with E-state index in [4.69, 9.17) is 5.73 Å². The highest BCUT2D eigenvalue weighted by molar-refractivity contribution is 5.89. The number of nitrogens with zero attached hydrogens (tertiary/aromatic N) is 2. The van der Waals surface area contributed by atoms with Crippen LogP contribution in [0.25, 0.3) is 0 Å². The van der Waals surface area contributed by atoms with Gasteiger partial charge >= 0.3 is 6.03 Å². The quantitative estimate of drug-likeness (QED) is 0.811. The summed E-state index contributed by atoms with van der Waals surface area (Å²) in [5.41, 5.74) is 6.41. The Kier molecular flexibility index (Phi) is 4.27. The van der Waals surface area contributed by atoms with Gasteiger partial charge in [-0.05, 0) is 30.7 Å². The number of nitrogen functional groups attached to an aromatic ring is 1. The number of para-hydroxylation sites is 1. The Bertz CT molecular complexity index is 691. The van der Waals surface area contributed by atoms with Crippen molar-refractivity contribution in [3.63, 3.8) is 0 Å². The van der Waals surface area contributed by atoms with E-state index >= 15 is 0 Å². The number of rotatable bonds is 3. The third-order valence-electron chi connectivity index (χ3n) is 3.74. The third-order valence-corrected chi connectivity index (χ3v) is 3.74. The second-order valence-corrected chi connectivity index (χ2v) is 5.46. The summed E-state index contributed by atoms with van der Waals surface area (Å²) in [5, 5.41) is 5.38. The first-order valence-corrected chi connectivity index (χ1v) is 7.40. The fourth-order valence-electron chi connectivity index (χ4n) is 2.58. The maximum absolute atomic E-state index is 13.5. The first kappa shape index (κ1) is 15.1. The Labute approximate surface area is 133 Å². The number of carbonyl (C=O) groups is 1. The van der Waals surface area contributed by atoms with Gasteiger partial charge in [0.05, 0.1) is 17.6 Å². The van der Waals surface area contributed by atoms with E-state index in [0.717, 1.165) is 18.8 Å². The molecule has 1 aliphatic rings. The fraction of sp³-hybridized carbons (Fsp3) is 0.250. The molecule has 1 atom stereocenters. The SMILES string of the molecule is Nc1ccc(N2CCC(NC(=O)Nc3ccccc3F)C2)nc1. The van der Waals surface area contributed by atoms with E-state index in [1.165, 1.54) is 12.1 Å². The second-order valence-electron chi connectivity index (χ2n) is 5.46. The van der Waals surface area contributed by atoms with Crippen LogP contribution in [-0.4, -0.2) is 30.1 Å². The van der Waals surface area contributed by atoms with E-state index < -0.39 is 11.8 Å². The Balaban J connectivity index is 1.54. The van der Waals surface area contributed by atoms with Gasteiger partial charge in [-0.15, -0.1) is 0 Å². The fourth-order valence-corrected chi connectivity index (χ4v) is 2.58. The van der Waals surface area contributed by atoms with Crippen molar-refractivity contribution in [3.05, 3.63) is 48.4 Å². The average Bonchev–Trinajstić information content (AvgIpc) is 2.98. The minimum absolute atomic E-state index is 0.0128. The smallest absolute Gasteiger partial charge is 0.319 e. The highest BCUT2D eigenvalue weighted by atomic mass is 19.1. The van der Waals surface area contributed by atoms with E-state index in [9.17, 15) is 9.18 Å². The molecule has 0 radical (unpaired) electrons. The van der Waals surface area contributed by atoms with Crippen molar-refractivity contribution in [2.24, 2.45) is 0 Å². The van der Waals surface area contributed by atoms with Crippen LogP contribution in [0.1, 0.15) is 6.42 Å². The summed E-state index contributed by atoms with van der Waals surface area (Å²) in [4.78, 5) is 18.3. The van der Waals surface area contributed by atoms with Crippen LogP contribution in [0.5, 0.6) is 0 Å². The van der Waals surface area contributed by atoms with Crippen molar-refractivity contribution >= 4 is 23.2 Å². The van der Waals surface area contributed by atoms with Gasteiger partial charge in [0, 0.05) is 19.1 Å². The molecule has 1 fully saturated rings.